The summed E-state index contributed by atoms with van der Waals surface area (Å²) in [4.78, 5) is 12.1. The normalized spacial score (nSPS) is 10.3. The van der Waals surface area contributed by atoms with E-state index in [9.17, 15) is 4.79 Å². The summed E-state index contributed by atoms with van der Waals surface area (Å²) >= 11 is 1.33. The number of hydrogen-bond acceptors (Lipinski definition) is 5. The summed E-state index contributed by atoms with van der Waals surface area (Å²) in [7, 11) is 0. The zero-order valence-electron chi connectivity index (χ0n) is 13.9. The smallest absolute Gasteiger partial charge is 0.325 e. The van der Waals surface area contributed by atoms with E-state index in [-0.39, 0.29) is 6.03 Å². The molecule has 0 aliphatic rings. The summed E-state index contributed by atoms with van der Waals surface area (Å²) in [5.74, 6) is 0.764. The van der Waals surface area contributed by atoms with E-state index in [1.807, 2.05) is 38.1 Å². The van der Waals surface area contributed by atoms with Gasteiger partial charge in [0, 0.05) is 11.3 Å². The number of nitrogens with zero attached hydrogens (tertiary/aromatic N) is 2. The Morgan fingerprint density at radius 2 is 1.84 bits per heavy atom. The summed E-state index contributed by atoms with van der Waals surface area (Å²) in [6.45, 7) is 4.54. The number of aromatic nitrogens is 2. The molecule has 0 spiro atoms. The molecule has 25 heavy (non-hydrogen) atoms. The Kier molecular flexibility index (Phi) is 5.25. The molecule has 2 aromatic carbocycles. The van der Waals surface area contributed by atoms with Gasteiger partial charge in [-0.05, 0) is 43.7 Å². The number of amides is 2. The second-order valence-electron chi connectivity index (χ2n) is 5.26. The standard InChI is InChI=1S/C18H18N4O2S/c1-3-24-14-10-8-13(9-11-14)19-17(23)20-18-22-21-16(25-18)15-7-5-4-6-12(15)2/h4-11H,3H2,1-2H3,(H2,19,20,22,23). The minimum Gasteiger partial charge on any atom is -0.494 e. The fourth-order valence-electron chi connectivity index (χ4n) is 2.26. The van der Waals surface area contributed by atoms with Crippen molar-refractivity contribution in [3.05, 3.63) is 54.1 Å². The van der Waals surface area contributed by atoms with E-state index in [4.69, 9.17) is 4.74 Å². The third kappa shape index (κ3) is 4.33. The molecule has 0 fully saturated rings. The first-order valence-corrected chi connectivity index (χ1v) is 8.67. The first kappa shape index (κ1) is 16.9. The molecule has 1 aromatic heterocycles. The van der Waals surface area contributed by atoms with Gasteiger partial charge in [0.15, 0.2) is 0 Å². The van der Waals surface area contributed by atoms with E-state index in [0.717, 1.165) is 21.9 Å². The van der Waals surface area contributed by atoms with Gasteiger partial charge in [0.1, 0.15) is 10.8 Å². The van der Waals surface area contributed by atoms with Crippen molar-refractivity contribution in [1.29, 1.82) is 0 Å². The van der Waals surface area contributed by atoms with Crippen molar-refractivity contribution in [1.82, 2.24) is 10.2 Å². The largest absolute Gasteiger partial charge is 0.494 e. The van der Waals surface area contributed by atoms with Crippen molar-refractivity contribution in [2.75, 3.05) is 17.2 Å². The van der Waals surface area contributed by atoms with Crippen molar-refractivity contribution in [3.8, 4) is 16.3 Å². The molecule has 0 aliphatic carbocycles. The van der Waals surface area contributed by atoms with E-state index in [1.54, 1.807) is 24.3 Å². The van der Waals surface area contributed by atoms with Crippen molar-refractivity contribution >= 4 is 28.2 Å². The molecule has 2 amide bonds. The summed E-state index contributed by atoms with van der Waals surface area (Å²) in [6.07, 6.45) is 0. The Balaban J connectivity index is 1.63. The van der Waals surface area contributed by atoms with E-state index < -0.39 is 0 Å². The van der Waals surface area contributed by atoms with Gasteiger partial charge in [0.2, 0.25) is 5.13 Å². The Morgan fingerprint density at radius 1 is 1.08 bits per heavy atom. The first-order chi connectivity index (χ1) is 12.2. The predicted molar refractivity (Wildman–Crippen MR) is 100 cm³/mol. The van der Waals surface area contributed by atoms with Crippen LogP contribution >= 0.6 is 11.3 Å². The van der Waals surface area contributed by atoms with E-state index in [2.05, 4.69) is 20.8 Å². The van der Waals surface area contributed by atoms with Gasteiger partial charge in [-0.25, -0.2) is 4.79 Å². The minimum absolute atomic E-state index is 0.364. The molecule has 2 N–H and O–H groups in total. The summed E-state index contributed by atoms with van der Waals surface area (Å²) in [5.41, 5.74) is 2.80. The molecule has 1 heterocycles. The molecule has 3 aromatic rings. The zero-order chi connectivity index (χ0) is 17.6. The number of carbonyl (C=O) groups excluding carboxylic acids is 1. The van der Waals surface area contributed by atoms with Crippen LogP contribution in [-0.2, 0) is 0 Å². The van der Waals surface area contributed by atoms with Crippen LogP contribution in [0.4, 0.5) is 15.6 Å². The first-order valence-electron chi connectivity index (χ1n) is 7.86. The fourth-order valence-corrected chi connectivity index (χ4v) is 3.09. The number of benzene rings is 2. The average Bonchev–Trinajstić information content (AvgIpc) is 3.05. The molecular formula is C18H18N4O2S. The molecule has 0 saturated carbocycles. The lowest BCUT2D eigenvalue weighted by molar-refractivity contribution is 0.262. The molecule has 0 atom stereocenters. The van der Waals surface area contributed by atoms with Crippen molar-refractivity contribution < 1.29 is 9.53 Å². The fraction of sp³-hybridized carbons (Fsp3) is 0.167. The Hall–Kier alpha value is -2.93. The predicted octanol–water partition coefficient (Wildman–Crippen LogP) is 4.56. The van der Waals surface area contributed by atoms with Crippen LogP contribution in [0, 0.1) is 6.92 Å². The maximum Gasteiger partial charge on any atom is 0.325 e. The molecule has 0 saturated heterocycles. The summed E-state index contributed by atoms with van der Waals surface area (Å²) in [6, 6.07) is 14.7. The molecule has 0 unspecified atom stereocenters. The van der Waals surface area contributed by atoms with Crippen LogP contribution in [0.5, 0.6) is 5.75 Å². The van der Waals surface area contributed by atoms with Gasteiger partial charge in [0.05, 0.1) is 6.61 Å². The highest BCUT2D eigenvalue weighted by Gasteiger charge is 2.11. The summed E-state index contributed by atoms with van der Waals surface area (Å²) < 4.78 is 5.37. The van der Waals surface area contributed by atoms with Gasteiger partial charge in [0.25, 0.3) is 0 Å². The number of carbonyl (C=O) groups is 1. The number of urea groups is 1. The topological polar surface area (TPSA) is 76.1 Å². The summed E-state index contributed by atoms with van der Waals surface area (Å²) in [5, 5.41) is 14.9. The number of hydrogen-bond donors (Lipinski definition) is 2. The number of anilines is 2. The maximum atomic E-state index is 12.1. The molecule has 0 radical (unpaired) electrons. The second-order valence-corrected chi connectivity index (χ2v) is 6.24. The molecule has 3 rings (SSSR count). The van der Waals surface area contributed by atoms with Gasteiger partial charge in [-0.2, -0.15) is 0 Å². The van der Waals surface area contributed by atoms with Gasteiger partial charge in [-0.1, -0.05) is 35.6 Å². The SMILES string of the molecule is CCOc1ccc(NC(=O)Nc2nnc(-c3ccccc3C)s2)cc1. The Labute approximate surface area is 149 Å². The van der Waals surface area contributed by atoms with Crippen LogP contribution in [0.1, 0.15) is 12.5 Å². The van der Waals surface area contributed by atoms with Crippen LogP contribution in [0.15, 0.2) is 48.5 Å². The second kappa shape index (κ2) is 7.76. The van der Waals surface area contributed by atoms with Gasteiger partial charge in [-0.3, -0.25) is 5.32 Å². The maximum absolute atomic E-state index is 12.1. The Bertz CT molecular complexity index is 862. The van der Waals surface area contributed by atoms with Crippen molar-refractivity contribution in [3.63, 3.8) is 0 Å². The van der Waals surface area contributed by atoms with Gasteiger partial charge >= 0.3 is 6.03 Å². The number of aryl methyl sites for hydroxylation is 1. The van der Waals surface area contributed by atoms with Crippen LogP contribution in [0.3, 0.4) is 0 Å². The molecule has 7 heteroatoms. The molecule has 0 aliphatic heterocycles. The third-order valence-electron chi connectivity index (χ3n) is 3.44. The molecule has 128 valence electrons. The number of nitrogens with one attached hydrogen (secondary N) is 2. The molecule has 0 bridgehead atoms. The molecule has 6 nitrogen and oxygen atoms in total. The van der Waals surface area contributed by atoms with Crippen molar-refractivity contribution in [2.45, 2.75) is 13.8 Å². The van der Waals surface area contributed by atoms with Gasteiger partial charge in [-0.15, -0.1) is 10.2 Å². The zero-order valence-corrected chi connectivity index (χ0v) is 14.8. The lowest BCUT2D eigenvalue weighted by Gasteiger charge is -2.06. The number of rotatable bonds is 5. The van der Waals surface area contributed by atoms with E-state index in [1.165, 1.54) is 11.3 Å². The highest BCUT2D eigenvalue weighted by molar-refractivity contribution is 7.18. The quantitative estimate of drug-likeness (QED) is 0.704. The van der Waals surface area contributed by atoms with Crippen LogP contribution in [-0.4, -0.2) is 22.8 Å². The monoisotopic (exact) mass is 354 g/mol. The minimum atomic E-state index is -0.364. The highest BCUT2D eigenvalue weighted by Crippen LogP contribution is 2.28. The van der Waals surface area contributed by atoms with Crippen LogP contribution in [0.25, 0.3) is 10.6 Å². The lowest BCUT2D eigenvalue weighted by Crippen LogP contribution is -2.19. The third-order valence-corrected chi connectivity index (χ3v) is 4.32. The Morgan fingerprint density at radius 3 is 2.56 bits per heavy atom. The van der Waals surface area contributed by atoms with E-state index >= 15 is 0 Å². The average molecular weight is 354 g/mol. The highest BCUT2D eigenvalue weighted by atomic mass is 32.1. The van der Waals surface area contributed by atoms with Crippen LogP contribution < -0.4 is 15.4 Å². The molecular weight excluding hydrogens is 336 g/mol. The van der Waals surface area contributed by atoms with Gasteiger partial charge < -0.3 is 10.1 Å². The van der Waals surface area contributed by atoms with Crippen LogP contribution in [0.2, 0.25) is 0 Å². The lowest BCUT2D eigenvalue weighted by atomic mass is 10.1. The van der Waals surface area contributed by atoms with E-state index in [0.29, 0.717) is 17.4 Å². The number of ether oxygens (including phenoxy) is 1. The van der Waals surface area contributed by atoms with Crippen molar-refractivity contribution in [2.24, 2.45) is 0 Å².